The summed E-state index contributed by atoms with van der Waals surface area (Å²) in [4.78, 5) is 0. The van der Waals surface area contributed by atoms with Gasteiger partial charge in [-0.15, -0.1) is 0 Å². The highest BCUT2D eigenvalue weighted by Gasteiger charge is 2.63. The molecule has 4 aliphatic carbocycles. The first-order valence-electron chi connectivity index (χ1n) is 9.66. The van der Waals surface area contributed by atoms with Gasteiger partial charge in [-0.3, -0.25) is 0 Å². The van der Waals surface area contributed by atoms with Crippen LogP contribution in [0.2, 0.25) is 0 Å². The van der Waals surface area contributed by atoms with Crippen molar-refractivity contribution >= 4 is 0 Å². The monoisotopic (exact) mass is 306 g/mol. The smallest absolute Gasteiger partial charge is 0.0596 e. The largest absolute Gasteiger partial charge is 0.393 e. The predicted octanol–water partition coefficient (Wildman–Crippen LogP) is 4.14. The average molecular weight is 306 g/mol. The zero-order valence-electron chi connectivity index (χ0n) is 14.6. The quantitative estimate of drug-likeness (QED) is 0.706. The zero-order valence-corrected chi connectivity index (χ0v) is 14.6. The number of aliphatic hydroxyl groups excluding tert-OH is 2. The third-order valence-electron chi connectivity index (χ3n) is 9.30. The van der Waals surface area contributed by atoms with Crippen molar-refractivity contribution < 1.29 is 10.2 Å². The van der Waals surface area contributed by atoms with Gasteiger partial charge in [-0.1, -0.05) is 20.8 Å². The molecule has 0 heterocycles. The minimum Gasteiger partial charge on any atom is -0.393 e. The van der Waals surface area contributed by atoms with Crippen LogP contribution in [0.25, 0.3) is 0 Å². The lowest BCUT2D eigenvalue weighted by Crippen LogP contribution is -2.58. The molecule has 126 valence electrons. The van der Waals surface area contributed by atoms with Gasteiger partial charge < -0.3 is 10.2 Å². The lowest BCUT2D eigenvalue weighted by Gasteiger charge is -2.65. The fraction of sp³-hybridized carbons (Fsp3) is 1.00. The molecular formula is C20H34O2. The molecule has 4 rings (SSSR count). The first-order chi connectivity index (χ1) is 10.3. The van der Waals surface area contributed by atoms with Crippen LogP contribution in [-0.2, 0) is 0 Å². The first-order valence-corrected chi connectivity index (χ1v) is 9.66. The summed E-state index contributed by atoms with van der Waals surface area (Å²) in [5, 5.41) is 20.7. The molecule has 0 aromatic rings. The molecule has 0 bridgehead atoms. The van der Waals surface area contributed by atoms with Gasteiger partial charge in [-0.05, 0) is 91.8 Å². The molecule has 0 aromatic heterocycles. The van der Waals surface area contributed by atoms with Gasteiger partial charge in [0.15, 0.2) is 0 Å². The molecule has 8 atom stereocenters. The molecule has 2 nitrogen and oxygen atoms in total. The Labute approximate surface area is 135 Å². The van der Waals surface area contributed by atoms with Gasteiger partial charge in [-0.25, -0.2) is 0 Å². The molecule has 0 aromatic carbocycles. The topological polar surface area (TPSA) is 40.5 Å². The summed E-state index contributed by atoms with van der Waals surface area (Å²) >= 11 is 0. The summed E-state index contributed by atoms with van der Waals surface area (Å²) in [6, 6.07) is 0. The number of hydrogen-bond acceptors (Lipinski definition) is 2. The maximum absolute atomic E-state index is 10.5. The summed E-state index contributed by atoms with van der Waals surface area (Å²) < 4.78 is 0. The van der Waals surface area contributed by atoms with Crippen molar-refractivity contribution in [1.29, 1.82) is 0 Å². The molecule has 2 N–H and O–H groups in total. The molecule has 0 saturated heterocycles. The van der Waals surface area contributed by atoms with E-state index in [0.29, 0.717) is 10.8 Å². The Morgan fingerprint density at radius 2 is 1.55 bits per heavy atom. The van der Waals surface area contributed by atoms with Crippen LogP contribution in [-0.4, -0.2) is 22.4 Å². The Kier molecular flexibility index (Phi) is 3.32. The lowest BCUT2D eigenvalue weighted by atomic mass is 9.40. The second kappa shape index (κ2) is 4.72. The van der Waals surface area contributed by atoms with Gasteiger partial charge in [-0.2, -0.15) is 0 Å². The van der Waals surface area contributed by atoms with E-state index in [1.54, 1.807) is 0 Å². The summed E-state index contributed by atoms with van der Waals surface area (Å²) in [6.45, 7) is 7.37. The van der Waals surface area contributed by atoms with Crippen LogP contribution >= 0.6 is 0 Å². The van der Waals surface area contributed by atoms with E-state index in [4.69, 9.17) is 0 Å². The van der Waals surface area contributed by atoms with Gasteiger partial charge in [0.1, 0.15) is 0 Å². The Bertz CT molecular complexity index is 463. The van der Waals surface area contributed by atoms with Crippen molar-refractivity contribution in [3.05, 3.63) is 0 Å². The molecule has 0 amide bonds. The third-order valence-corrected chi connectivity index (χ3v) is 9.30. The van der Waals surface area contributed by atoms with Crippen molar-refractivity contribution in [2.24, 2.45) is 34.0 Å². The van der Waals surface area contributed by atoms with E-state index in [2.05, 4.69) is 20.8 Å². The van der Waals surface area contributed by atoms with Crippen molar-refractivity contribution in [1.82, 2.24) is 0 Å². The fourth-order valence-electron chi connectivity index (χ4n) is 7.58. The summed E-state index contributed by atoms with van der Waals surface area (Å²) in [5.74, 6) is 2.39. The Morgan fingerprint density at radius 3 is 2.32 bits per heavy atom. The number of fused-ring (bicyclic) bond motifs is 5. The molecule has 1 unspecified atom stereocenters. The van der Waals surface area contributed by atoms with E-state index in [9.17, 15) is 10.2 Å². The van der Waals surface area contributed by atoms with E-state index >= 15 is 0 Å². The molecule has 2 heteroatoms. The van der Waals surface area contributed by atoms with Crippen molar-refractivity contribution in [3.63, 3.8) is 0 Å². The summed E-state index contributed by atoms with van der Waals surface area (Å²) in [6.07, 6.45) is 10.5. The van der Waals surface area contributed by atoms with Crippen LogP contribution in [0.5, 0.6) is 0 Å². The van der Waals surface area contributed by atoms with Crippen LogP contribution in [0, 0.1) is 34.0 Å². The molecule has 0 aliphatic heterocycles. The van der Waals surface area contributed by atoms with Gasteiger partial charge in [0.2, 0.25) is 0 Å². The molecule has 4 fully saturated rings. The van der Waals surface area contributed by atoms with E-state index in [1.165, 1.54) is 38.5 Å². The van der Waals surface area contributed by atoms with Crippen LogP contribution in [0.4, 0.5) is 0 Å². The molecule has 0 spiro atoms. The number of aliphatic hydroxyl groups is 2. The van der Waals surface area contributed by atoms with E-state index in [0.717, 1.165) is 37.0 Å². The molecule has 22 heavy (non-hydrogen) atoms. The number of rotatable bonds is 0. The minimum absolute atomic E-state index is 0.0623. The Hall–Kier alpha value is -0.0800. The zero-order chi connectivity index (χ0) is 15.8. The normalized spacial score (nSPS) is 61.2. The van der Waals surface area contributed by atoms with Crippen molar-refractivity contribution in [2.75, 3.05) is 0 Å². The second-order valence-corrected chi connectivity index (χ2v) is 9.93. The van der Waals surface area contributed by atoms with E-state index < -0.39 is 0 Å². The molecule has 0 radical (unpaired) electrons. The van der Waals surface area contributed by atoms with Crippen LogP contribution in [0.15, 0.2) is 0 Å². The Morgan fingerprint density at radius 1 is 0.773 bits per heavy atom. The van der Waals surface area contributed by atoms with Gasteiger partial charge in [0.05, 0.1) is 12.2 Å². The van der Waals surface area contributed by atoms with E-state index in [-0.39, 0.29) is 17.6 Å². The minimum atomic E-state index is -0.0724. The third kappa shape index (κ3) is 1.80. The fourth-order valence-corrected chi connectivity index (χ4v) is 7.58. The maximum atomic E-state index is 10.5. The highest BCUT2D eigenvalue weighted by molar-refractivity contribution is 5.12. The van der Waals surface area contributed by atoms with Crippen LogP contribution < -0.4 is 0 Å². The highest BCUT2D eigenvalue weighted by Crippen LogP contribution is 2.69. The summed E-state index contributed by atoms with van der Waals surface area (Å²) in [5.41, 5.74) is 0.931. The molecular weight excluding hydrogens is 272 g/mol. The van der Waals surface area contributed by atoms with Crippen LogP contribution in [0.1, 0.15) is 78.6 Å². The van der Waals surface area contributed by atoms with Crippen molar-refractivity contribution in [3.8, 4) is 0 Å². The molecule has 4 aliphatic rings. The average Bonchev–Trinajstić information content (AvgIpc) is 2.76. The van der Waals surface area contributed by atoms with E-state index in [1.807, 2.05) is 0 Å². The van der Waals surface area contributed by atoms with Gasteiger partial charge >= 0.3 is 0 Å². The van der Waals surface area contributed by atoms with Crippen LogP contribution in [0.3, 0.4) is 0 Å². The Balaban J connectivity index is 1.67. The van der Waals surface area contributed by atoms with Crippen molar-refractivity contribution in [2.45, 2.75) is 90.8 Å². The lowest BCUT2D eigenvalue weighted by molar-refractivity contribution is -0.173. The highest BCUT2D eigenvalue weighted by atomic mass is 16.3. The van der Waals surface area contributed by atoms with Gasteiger partial charge in [0, 0.05) is 0 Å². The summed E-state index contributed by atoms with van der Waals surface area (Å²) in [7, 11) is 0. The van der Waals surface area contributed by atoms with Gasteiger partial charge in [0.25, 0.3) is 0 Å². The predicted molar refractivity (Wildman–Crippen MR) is 88.4 cm³/mol. The molecule has 4 saturated carbocycles. The first kappa shape index (κ1) is 15.4. The SMILES string of the molecule is C[C@]12CC[C@H]3[C@@H](CC[C@@]4(C)CC(O)CC[C@]34C)[C@@H]1CC[C@@H]2O. The maximum Gasteiger partial charge on any atom is 0.0596 e. The standard InChI is InChI=1S/C20H34O2/c1-18-9-7-14-15-4-5-17(22)19(15,2)10-8-16(14)20(18,3)11-6-13(21)12-18/h13-17,21-22H,4-12H2,1-3H3/t13?,14-,15-,16-,17-,18-,19-,20+/m0/s1. The number of hydrogen-bond donors (Lipinski definition) is 2. The second-order valence-electron chi connectivity index (χ2n) is 9.93.